The maximum absolute atomic E-state index is 3.47. The molecule has 2 aromatic rings. The van der Waals surface area contributed by atoms with Gasteiger partial charge < -0.3 is 10.2 Å². The maximum atomic E-state index is 3.47. The number of nitrogens with one attached hydrogen (secondary N) is 1. The topological polar surface area (TPSA) is 15.3 Å². The second-order valence-corrected chi connectivity index (χ2v) is 5.77. The van der Waals surface area contributed by atoms with Gasteiger partial charge in [0.05, 0.1) is 0 Å². The van der Waals surface area contributed by atoms with Gasteiger partial charge in [0.15, 0.2) is 0 Å². The third-order valence-electron chi connectivity index (χ3n) is 4.48. The van der Waals surface area contributed by atoms with Gasteiger partial charge in [0.2, 0.25) is 0 Å². The zero-order chi connectivity index (χ0) is 13.4. The molecule has 0 radical (unpaired) electrons. The van der Waals surface area contributed by atoms with Crippen molar-refractivity contribution in [3.63, 3.8) is 0 Å². The van der Waals surface area contributed by atoms with E-state index < -0.39 is 0 Å². The largest absolute Gasteiger partial charge is 0.370 e. The summed E-state index contributed by atoms with van der Waals surface area (Å²) < 4.78 is 0. The summed E-state index contributed by atoms with van der Waals surface area (Å²) in [7, 11) is 0. The van der Waals surface area contributed by atoms with E-state index in [-0.39, 0.29) is 0 Å². The number of nitrogens with zero attached hydrogens (tertiary/aromatic N) is 1. The van der Waals surface area contributed by atoms with Crippen LogP contribution in [0, 0.1) is 0 Å². The Bertz CT molecular complexity index is 625. The fraction of sp³-hybridized carbons (Fsp3) is 0.333. The van der Waals surface area contributed by atoms with E-state index in [9.17, 15) is 0 Å². The summed E-state index contributed by atoms with van der Waals surface area (Å²) in [6, 6.07) is 15.8. The highest BCUT2D eigenvalue weighted by Gasteiger charge is 2.19. The van der Waals surface area contributed by atoms with E-state index in [1.165, 1.54) is 40.9 Å². The molecular weight excluding hydrogens is 244 g/mol. The summed E-state index contributed by atoms with van der Waals surface area (Å²) in [6.45, 7) is 4.52. The molecule has 1 fully saturated rings. The van der Waals surface area contributed by atoms with Crippen molar-refractivity contribution in [3.8, 4) is 11.1 Å². The first kappa shape index (κ1) is 12.0. The molecular formula is C18H20N2. The van der Waals surface area contributed by atoms with E-state index in [0.29, 0.717) is 0 Å². The molecule has 2 aliphatic rings. The fourth-order valence-corrected chi connectivity index (χ4v) is 3.43. The minimum absolute atomic E-state index is 1.09. The van der Waals surface area contributed by atoms with Crippen LogP contribution < -0.4 is 10.2 Å². The maximum Gasteiger partial charge on any atom is 0.0369 e. The quantitative estimate of drug-likeness (QED) is 0.726. The van der Waals surface area contributed by atoms with Crippen molar-refractivity contribution in [3.05, 3.63) is 53.6 Å². The monoisotopic (exact) mass is 264 g/mol. The van der Waals surface area contributed by atoms with Crippen LogP contribution in [0.1, 0.15) is 17.5 Å². The average molecular weight is 264 g/mol. The normalized spacial score (nSPS) is 17.5. The van der Waals surface area contributed by atoms with Crippen LogP contribution in [0.15, 0.2) is 42.5 Å². The minimum Gasteiger partial charge on any atom is -0.370 e. The van der Waals surface area contributed by atoms with Gasteiger partial charge in [-0.25, -0.2) is 0 Å². The molecule has 0 atom stereocenters. The summed E-state index contributed by atoms with van der Waals surface area (Å²) in [4.78, 5) is 2.52. The van der Waals surface area contributed by atoms with Gasteiger partial charge in [-0.1, -0.05) is 30.3 Å². The molecule has 1 saturated heterocycles. The number of rotatable bonds is 1. The zero-order valence-corrected chi connectivity index (χ0v) is 11.7. The van der Waals surface area contributed by atoms with E-state index in [4.69, 9.17) is 0 Å². The van der Waals surface area contributed by atoms with Crippen LogP contribution in [0.5, 0.6) is 0 Å². The molecule has 1 aliphatic heterocycles. The van der Waals surface area contributed by atoms with E-state index in [0.717, 1.165) is 26.1 Å². The highest BCUT2D eigenvalue weighted by molar-refractivity contribution is 5.78. The highest BCUT2D eigenvalue weighted by Crippen LogP contribution is 2.38. The number of anilines is 1. The lowest BCUT2D eigenvalue weighted by Gasteiger charge is -2.23. The second kappa shape index (κ2) is 4.95. The molecule has 1 N–H and O–H groups in total. The number of benzene rings is 2. The molecule has 20 heavy (non-hydrogen) atoms. The Morgan fingerprint density at radius 2 is 1.75 bits per heavy atom. The van der Waals surface area contributed by atoms with Gasteiger partial charge in [-0.2, -0.15) is 0 Å². The lowest BCUT2D eigenvalue weighted by molar-refractivity contribution is 0.724. The molecule has 1 aliphatic carbocycles. The first-order chi connectivity index (χ1) is 9.92. The molecule has 102 valence electrons. The molecule has 2 aromatic carbocycles. The minimum atomic E-state index is 1.09. The smallest absolute Gasteiger partial charge is 0.0369 e. The SMILES string of the molecule is c1ccc2c(c1)Cc1cc(N3CCCNCC3)ccc1-2. The van der Waals surface area contributed by atoms with E-state index >= 15 is 0 Å². The zero-order valence-electron chi connectivity index (χ0n) is 11.7. The van der Waals surface area contributed by atoms with Crippen LogP contribution in [-0.4, -0.2) is 26.2 Å². The van der Waals surface area contributed by atoms with Gasteiger partial charge >= 0.3 is 0 Å². The third-order valence-corrected chi connectivity index (χ3v) is 4.48. The van der Waals surface area contributed by atoms with Crippen molar-refractivity contribution in [2.45, 2.75) is 12.8 Å². The van der Waals surface area contributed by atoms with Crippen molar-refractivity contribution in [1.29, 1.82) is 0 Å². The summed E-state index contributed by atoms with van der Waals surface area (Å²) in [5.74, 6) is 0. The molecule has 0 aromatic heterocycles. The van der Waals surface area contributed by atoms with Crippen molar-refractivity contribution in [2.24, 2.45) is 0 Å². The summed E-state index contributed by atoms with van der Waals surface area (Å²) in [6.07, 6.45) is 2.32. The Kier molecular flexibility index (Phi) is 2.96. The Morgan fingerprint density at radius 3 is 2.75 bits per heavy atom. The summed E-state index contributed by atoms with van der Waals surface area (Å²) in [5.41, 5.74) is 7.20. The van der Waals surface area contributed by atoms with Crippen LogP contribution in [0.3, 0.4) is 0 Å². The number of hydrogen-bond acceptors (Lipinski definition) is 2. The molecule has 0 amide bonds. The van der Waals surface area contributed by atoms with Crippen LogP contribution in [-0.2, 0) is 6.42 Å². The first-order valence-corrected chi connectivity index (χ1v) is 7.59. The molecule has 1 heterocycles. The van der Waals surface area contributed by atoms with Crippen LogP contribution in [0.2, 0.25) is 0 Å². The van der Waals surface area contributed by atoms with E-state index in [2.05, 4.69) is 52.7 Å². The standard InChI is InChI=1S/C18H20N2/c1-2-5-17-14(4-1)12-15-13-16(6-7-18(15)17)20-10-3-8-19-9-11-20/h1-2,4-7,13,19H,3,8-12H2. The fourth-order valence-electron chi connectivity index (χ4n) is 3.43. The van der Waals surface area contributed by atoms with Crippen molar-refractivity contribution < 1.29 is 0 Å². The Hall–Kier alpha value is -1.80. The number of fused-ring (bicyclic) bond motifs is 3. The summed E-state index contributed by atoms with van der Waals surface area (Å²) in [5, 5.41) is 3.47. The van der Waals surface area contributed by atoms with Crippen LogP contribution in [0.4, 0.5) is 5.69 Å². The lowest BCUT2D eigenvalue weighted by atomic mass is 10.1. The predicted molar refractivity (Wildman–Crippen MR) is 84.4 cm³/mol. The third kappa shape index (κ3) is 2.01. The first-order valence-electron chi connectivity index (χ1n) is 7.59. The Balaban J connectivity index is 1.68. The van der Waals surface area contributed by atoms with Crippen molar-refractivity contribution >= 4 is 5.69 Å². The van der Waals surface area contributed by atoms with Gasteiger partial charge in [0.1, 0.15) is 0 Å². The van der Waals surface area contributed by atoms with Gasteiger partial charge in [-0.05, 0) is 53.8 Å². The molecule has 2 heteroatoms. The molecule has 0 unspecified atom stereocenters. The van der Waals surface area contributed by atoms with Crippen molar-refractivity contribution in [1.82, 2.24) is 5.32 Å². The second-order valence-electron chi connectivity index (χ2n) is 5.77. The lowest BCUT2D eigenvalue weighted by Crippen LogP contribution is -2.27. The van der Waals surface area contributed by atoms with Gasteiger partial charge in [0, 0.05) is 25.3 Å². The van der Waals surface area contributed by atoms with Gasteiger partial charge in [-0.3, -0.25) is 0 Å². The number of hydrogen-bond donors (Lipinski definition) is 1. The molecule has 0 spiro atoms. The highest BCUT2D eigenvalue weighted by atomic mass is 15.2. The average Bonchev–Trinajstić information content (AvgIpc) is 2.67. The molecule has 0 bridgehead atoms. The Morgan fingerprint density at radius 1 is 0.850 bits per heavy atom. The molecule has 4 rings (SSSR count). The van der Waals surface area contributed by atoms with Crippen LogP contribution in [0.25, 0.3) is 11.1 Å². The van der Waals surface area contributed by atoms with E-state index in [1.54, 1.807) is 0 Å². The predicted octanol–water partition coefficient (Wildman–Crippen LogP) is 3.06. The summed E-state index contributed by atoms with van der Waals surface area (Å²) >= 11 is 0. The van der Waals surface area contributed by atoms with Gasteiger partial charge in [0.25, 0.3) is 0 Å². The molecule has 0 saturated carbocycles. The molecule has 2 nitrogen and oxygen atoms in total. The van der Waals surface area contributed by atoms with Crippen molar-refractivity contribution in [2.75, 3.05) is 31.1 Å². The Labute approximate surface area is 120 Å². The van der Waals surface area contributed by atoms with Gasteiger partial charge in [-0.15, -0.1) is 0 Å². The van der Waals surface area contributed by atoms with Crippen LogP contribution >= 0.6 is 0 Å². The van der Waals surface area contributed by atoms with E-state index in [1.807, 2.05) is 0 Å².